The van der Waals surface area contributed by atoms with Crippen LogP contribution in [-0.2, 0) is 23.7 Å². The number of aliphatic hydroxyl groups excluding tert-OH is 7. The SMILES string of the molecule is COc1cc(/C=C/C(=O)O[C@H]2[C@H](O)[C@@H](CO)O[C@@]2(CO)O[C@H]2O[C@H](CO)[C@@H](O)[C@@H](O)[C@H]2O)cc(OC)c1OC. The van der Waals surface area contributed by atoms with Crippen LogP contribution in [0.3, 0.4) is 0 Å². The highest BCUT2D eigenvalue weighted by atomic mass is 16.8. The van der Waals surface area contributed by atoms with Crippen molar-refractivity contribution >= 4 is 12.0 Å². The first kappa shape index (κ1) is 31.0. The van der Waals surface area contributed by atoms with Crippen molar-refractivity contribution in [1.29, 1.82) is 0 Å². The monoisotopic (exact) mass is 562 g/mol. The predicted octanol–water partition coefficient (Wildman–Crippen LogP) is -3.11. The second kappa shape index (κ2) is 13.2. The maximum absolute atomic E-state index is 12.7. The number of benzene rings is 1. The lowest BCUT2D eigenvalue weighted by molar-refractivity contribution is -0.383. The van der Waals surface area contributed by atoms with E-state index < -0.39 is 80.6 Å². The molecule has 2 aliphatic rings. The Morgan fingerprint density at radius 3 is 2.03 bits per heavy atom. The number of ether oxygens (including phenoxy) is 7. The van der Waals surface area contributed by atoms with Gasteiger partial charge < -0.3 is 68.9 Å². The number of rotatable bonds is 11. The Labute approximate surface area is 223 Å². The van der Waals surface area contributed by atoms with Gasteiger partial charge in [0.2, 0.25) is 11.5 Å². The van der Waals surface area contributed by atoms with Gasteiger partial charge >= 0.3 is 5.97 Å². The van der Waals surface area contributed by atoms with Crippen LogP contribution < -0.4 is 14.2 Å². The molecule has 0 bridgehead atoms. The van der Waals surface area contributed by atoms with Gasteiger partial charge in [-0.05, 0) is 23.8 Å². The summed E-state index contributed by atoms with van der Waals surface area (Å²) in [6.07, 6.45) is -11.1. The van der Waals surface area contributed by atoms with Gasteiger partial charge in [-0.3, -0.25) is 0 Å². The molecule has 9 atom stereocenters. The molecule has 0 radical (unpaired) electrons. The minimum absolute atomic E-state index is 0.322. The number of aliphatic hydroxyl groups is 7. The fourth-order valence-electron chi connectivity index (χ4n) is 4.30. The first-order chi connectivity index (χ1) is 18.6. The van der Waals surface area contributed by atoms with Gasteiger partial charge in [-0.25, -0.2) is 4.79 Å². The summed E-state index contributed by atoms with van der Waals surface area (Å²) in [5.41, 5.74) is 0.448. The van der Waals surface area contributed by atoms with E-state index in [1.165, 1.54) is 27.4 Å². The molecule has 0 amide bonds. The van der Waals surface area contributed by atoms with Crippen molar-refractivity contribution in [2.45, 2.75) is 54.8 Å². The topological polar surface area (TPSA) is 223 Å². The second-order valence-electron chi connectivity index (χ2n) is 8.76. The van der Waals surface area contributed by atoms with Gasteiger partial charge in [0.15, 0.2) is 23.9 Å². The molecule has 1 aromatic rings. The van der Waals surface area contributed by atoms with Crippen molar-refractivity contribution in [3.05, 3.63) is 23.8 Å². The molecular formula is C24H34O15. The van der Waals surface area contributed by atoms with Crippen molar-refractivity contribution < 1.29 is 73.7 Å². The first-order valence-corrected chi connectivity index (χ1v) is 11.8. The Morgan fingerprint density at radius 1 is 0.897 bits per heavy atom. The molecule has 15 nitrogen and oxygen atoms in total. The molecule has 1 aromatic carbocycles. The number of carbonyl (C=O) groups is 1. The summed E-state index contributed by atoms with van der Waals surface area (Å²) in [6, 6.07) is 3.11. The van der Waals surface area contributed by atoms with E-state index >= 15 is 0 Å². The van der Waals surface area contributed by atoms with E-state index in [9.17, 15) is 40.5 Å². The lowest BCUT2D eigenvalue weighted by atomic mass is 9.99. The first-order valence-electron chi connectivity index (χ1n) is 11.8. The molecule has 3 rings (SSSR count). The van der Waals surface area contributed by atoms with Crippen LogP contribution in [0, 0.1) is 0 Å². The normalized spacial score (nSPS) is 34.7. The highest BCUT2D eigenvalue weighted by molar-refractivity contribution is 5.87. The minimum Gasteiger partial charge on any atom is -0.493 e. The van der Waals surface area contributed by atoms with Crippen LogP contribution in [0.4, 0.5) is 0 Å². The second-order valence-corrected chi connectivity index (χ2v) is 8.76. The van der Waals surface area contributed by atoms with E-state index in [1.807, 2.05) is 0 Å². The van der Waals surface area contributed by atoms with Crippen LogP contribution >= 0.6 is 0 Å². The Kier molecular flexibility index (Phi) is 10.5. The fourth-order valence-corrected chi connectivity index (χ4v) is 4.30. The van der Waals surface area contributed by atoms with Gasteiger partial charge in [-0.1, -0.05) is 0 Å². The van der Waals surface area contributed by atoms with E-state index in [-0.39, 0.29) is 0 Å². The zero-order valence-corrected chi connectivity index (χ0v) is 21.4. The summed E-state index contributed by atoms with van der Waals surface area (Å²) < 4.78 is 37.5. The third kappa shape index (κ3) is 6.28. The molecule has 7 N–H and O–H groups in total. The maximum Gasteiger partial charge on any atom is 0.331 e. The Morgan fingerprint density at radius 2 is 1.51 bits per heavy atom. The van der Waals surface area contributed by atoms with Gasteiger partial charge in [0.25, 0.3) is 0 Å². The molecular weight excluding hydrogens is 528 g/mol. The standard InChI is InChI=1S/C24H34O15/c1-33-12-6-11(7-13(34-2)21(12)35-3)4-5-16(28)37-22-18(30)15(9-26)38-24(22,10-27)39-23-20(32)19(31)17(29)14(8-25)36-23/h4-7,14-15,17-20,22-23,25-27,29-32H,8-10H2,1-3H3/b5-4+/t14-,15-,17-,18-,19-,20-,22+,23-,24+/m1/s1. The highest BCUT2D eigenvalue weighted by Gasteiger charge is 2.60. The molecule has 220 valence electrons. The van der Waals surface area contributed by atoms with E-state index in [4.69, 9.17) is 33.2 Å². The maximum atomic E-state index is 12.7. The van der Waals surface area contributed by atoms with E-state index in [2.05, 4.69) is 0 Å². The van der Waals surface area contributed by atoms with Crippen LogP contribution in [-0.4, -0.2) is 138 Å². The summed E-state index contributed by atoms with van der Waals surface area (Å²) in [5, 5.41) is 70.3. The number of hydrogen-bond donors (Lipinski definition) is 7. The fraction of sp³-hybridized carbons (Fsp3) is 0.625. The molecule has 0 spiro atoms. The molecule has 0 unspecified atom stereocenters. The molecule has 39 heavy (non-hydrogen) atoms. The van der Waals surface area contributed by atoms with Crippen LogP contribution in [0.2, 0.25) is 0 Å². The predicted molar refractivity (Wildman–Crippen MR) is 128 cm³/mol. The minimum atomic E-state index is -2.38. The van der Waals surface area contributed by atoms with Gasteiger partial charge in [0.1, 0.15) is 43.2 Å². The van der Waals surface area contributed by atoms with Crippen molar-refractivity contribution in [2.75, 3.05) is 41.2 Å². The molecule has 15 heteroatoms. The Bertz CT molecular complexity index is 975. The van der Waals surface area contributed by atoms with Crippen molar-refractivity contribution in [2.24, 2.45) is 0 Å². The molecule has 2 aliphatic heterocycles. The van der Waals surface area contributed by atoms with Gasteiger partial charge in [0, 0.05) is 6.08 Å². The average Bonchev–Trinajstić information content (AvgIpc) is 3.21. The van der Waals surface area contributed by atoms with Crippen LogP contribution in [0.15, 0.2) is 18.2 Å². The summed E-state index contributed by atoms with van der Waals surface area (Å²) >= 11 is 0. The van der Waals surface area contributed by atoms with Crippen molar-refractivity contribution in [1.82, 2.24) is 0 Å². The summed E-state index contributed by atoms with van der Waals surface area (Å²) in [7, 11) is 4.27. The average molecular weight is 563 g/mol. The van der Waals surface area contributed by atoms with Crippen LogP contribution in [0.1, 0.15) is 5.56 Å². The van der Waals surface area contributed by atoms with Gasteiger partial charge in [-0.2, -0.15) is 0 Å². The van der Waals surface area contributed by atoms with Crippen LogP contribution in [0.25, 0.3) is 6.08 Å². The van der Waals surface area contributed by atoms with Crippen molar-refractivity contribution in [3.8, 4) is 17.2 Å². The van der Waals surface area contributed by atoms with E-state index in [1.54, 1.807) is 12.1 Å². The molecule has 0 aliphatic carbocycles. The van der Waals surface area contributed by atoms with Gasteiger partial charge in [-0.15, -0.1) is 0 Å². The summed E-state index contributed by atoms with van der Waals surface area (Å²) in [5.74, 6) is -2.43. The molecule has 2 heterocycles. The number of hydrogen-bond acceptors (Lipinski definition) is 15. The molecule has 2 fully saturated rings. The molecule has 2 saturated heterocycles. The Balaban J connectivity index is 1.84. The van der Waals surface area contributed by atoms with E-state index in [0.29, 0.717) is 22.8 Å². The van der Waals surface area contributed by atoms with Crippen molar-refractivity contribution in [3.63, 3.8) is 0 Å². The lowest BCUT2D eigenvalue weighted by Gasteiger charge is -2.43. The summed E-state index contributed by atoms with van der Waals surface area (Å²) in [6.45, 7) is -2.59. The summed E-state index contributed by atoms with van der Waals surface area (Å²) in [4.78, 5) is 12.7. The van der Waals surface area contributed by atoms with Gasteiger partial charge in [0.05, 0.1) is 34.5 Å². The molecule has 0 saturated carbocycles. The smallest absolute Gasteiger partial charge is 0.331 e. The zero-order chi connectivity index (χ0) is 28.9. The number of methoxy groups -OCH3 is 3. The molecule has 0 aromatic heterocycles. The third-order valence-electron chi connectivity index (χ3n) is 6.38. The number of esters is 1. The largest absolute Gasteiger partial charge is 0.493 e. The quantitative estimate of drug-likeness (QED) is 0.105. The van der Waals surface area contributed by atoms with Crippen LogP contribution in [0.5, 0.6) is 17.2 Å². The Hall–Kier alpha value is -2.57. The van der Waals surface area contributed by atoms with E-state index in [0.717, 1.165) is 6.08 Å². The highest BCUT2D eigenvalue weighted by Crippen LogP contribution is 2.39. The number of carbonyl (C=O) groups excluding carboxylic acids is 1. The zero-order valence-electron chi connectivity index (χ0n) is 21.4. The lowest BCUT2D eigenvalue weighted by Crippen LogP contribution is -2.63. The third-order valence-corrected chi connectivity index (χ3v) is 6.38.